The molecule has 164 valence electrons. The monoisotopic (exact) mass is 420 g/mol. The van der Waals surface area contributed by atoms with Gasteiger partial charge >= 0.3 is 0 Å². The minimum absolute atomic E-state index is 0.227. The summed E-state index contributed by atoms with van der Waals surface area (Å²) >= 11 is 0. The van der Waals surface area contributed by atoms with Gasteiger partial charge in [0.1, 0.15) is 11.4 Å². The number of carbonyl (C=O) groups is 2. The molecule has 0 N–H and O–H groups in total. The Hall–Kier alpha value is -3.08. The average Bonchev–Trinajstić information content (AvgIpc) is 3.03. The summed E-state index contributed by atoms with van der Waals surface area (Å²) in [4.78, 5) is 29.9. The van der Waals surface area contributed by atoms with E-state index in [1.807, 2.05) is 66.5 Å². The van der Waals surface area contributed by atoms with Gasteiger partial charge in [0.15, 0.2) is 0 Å². The van der Waals surface area contributed by atoms with Crippen molar-refractivity contribution in [1.82, 2.24) is 4.90 Å². The normalized spacial score (nSPS) is 14.0. The quantitative estimate of drug-likeness (QED) is 0.395. The summed E-state index contributed by atoms with van der Waals surface area (Å²) in [7, 11) is 1.84. The van der Waals surface area contributed by atoms with E-state index in [-0.39, 0.29) is 11.8 Å². The molecule has 0 saturated carbocycles. The lowest BCUT2D eigenvalue weighted by Crippen LogP contribution is -2.35. The molecule has 1 heterocycles. The van der Waals surface area contributed by atoms with Crippen molar-refractivity contribution in [2.24, 2.45) is 5.92 Å². The van der Waals surface area contributed by atoms with Gasteiger partial charge in [-0.2, -0.15) is 0 Å². The third kappa shape index (κ3) is 5.16. The van der Waals surface area contributed by atoms with Gasteiger partial charge in [-0.15, -0.1) is 0 Å². The van der Waals surface area contributed by atoms with Gasteiger partial charge in [-0.1, -0.05) is 63.9 Å². The lowest BCUT2D eigenvalue weighted by molar-refractivity contribution is -0.136. The van der Waals surface area contributed by atoms with Crippen molar-refractivity contribution in [3.05, 3.63) is 65.9 Å². The van der Waals surface area contributed by atoms with Crippen LogP contribution < -0.4 is 9.64 Å². The second kappa shape index (κ2) is 10.3. The lowest BCUT2D eigenvalue weighted by Gasteiger charge is -2.21. The molecule has 0 aliphatic carbocycles. The van der Waals surface area contributed by atoms with Gasteiger partial charge in [0.25, 0.3) is 11.8 Å². The first kappa shape index (κ1) is 22.6. The van der Waals surface area contributed by atoms with Crippen molar-refractivity contribution in [1.29, 1.82) is 0 Å². The fourth-order valence-electron chi connectivity index (χ4n) is 3.62. The van der Waals surface area contributed by atoms with E-state index in [2.05, 4.69) is 20.8 Å². The van der Waals surface area contributed by atoms with Crippen molar-refractivity contribution >= 4 is 23.1 Å². The molecule has 1 aliphatic heterocycles. The average molecular weight is 421 g/mol. The molecule has 2 amide bonds. The summed E-state index contributed by atoms with van der Waals surface area (Å²) in [5.41, 5.74) is 2.46. The van der Waals surface area contributed by atoms with E-state index in [1.165, 1.54) is 4.90 Å². The number of hydrogen-bond acceptors (Lipinski definition) is 4. The van der Waals surface area contributed by atoms with E-state index in [4.69, 9.17) is 4.74 Å². The minimum Gasteiger partial charge on any atom is -0.493 e. The van der Waals surface area contributed by atoms with Crippen LogP contribution in [0.4, 0.5) is 5.69 Å². The summed E-state index contributed by atoms with van der Waals surface area (Å²) < 4.78 is 5.77. The first-order chi connectivity index (χ1) is 14.9. The van der Waals surface area contributed by atoms with Crippen LogP contribution in [0.3, 0.4) is 0 Å². The molecule has 3 rings (SSSR count). The number of imide groups is 1. The van der Waals surface area contributed by atoms with Crippen LogP contribution in [0, 0.1) is 5.92 Å². The Morgan fingerprint density at radius 1 is 0.935 bits per heavy atom. The molecule has 2 aromatic carbocycles. The third-order valence-corrected chi connectivity index (χ3v) is 5.33. The molecule has 0 saturated heterocycles. The highest BCUT2D eigenvalue weighted by atomic mass is 16.5. The molecule has 0 bridgehead atoms. The smallest absolute Gasteiger partial charge is 0.278 e. The fourth-order valence-corrected chi connectivity index (χ4v) is 3.62. The zero-order chi connectivity index (χ0) is 22.4. The number of unbranched alkanes of at least 4 members (excludes halogenated alkanes) is 2. The summed E-state index contributed by atoms with van der Waals surface area (Å²) in [6, 6.07) is 17.1. The van der Waals surface area contributed by atoms with Gasteiger partial charge < -0.3 is 9.64 Å². The number of likely N-dealkylation sites (N-methyl/N-ethyl adjacent to an activating group) is 1. The molecule has 5 heteroatoms. The predicted octanol–water partition coefficient (Wildman–Crippen LogP) is 5.13. The van der Waals surface area contributed by atoms with Crippen LogP contribution in [0.15, 0.2) is 60.3 Å². The van der Waals surface area contributed by atoms with E-state index in [9.17, 15) is 9.59 Å². The Morgan fingerprint density at radius 2 is 1.61 bits per heavy atom. The Bertz CT molecular complexity index is 933. The molecule has 1 aliphatic rings. The molecular weight excluding hydrogens is 388 g/mol. The lowest BCUT2D eigenvalue weighted by atomic mass is 10.0. The molecule has 0 fully saturated rings. The molecule has 31 heavy (non-hydrogen) atoms. The maximum atomic E-state index is 13.3. The van der Waals surface area contributed by atoms with E-state index < -0.39 is 0 Å². The van der Waals surface area contributed by atoms with Crippen LogP contribution in [0.2, 0.25) is 0 Å². The zero-order valence-corrected chi connectivity index (χ0v) is 18.9. The maximum Gasteiger partial charge on any atom is 0.278 e. The van der Waals surface area contributed by atoms with Crippen LogP contribution in [-0.2, 0) is 9.59 Å². The zero-order valence-electron chi connectivity index (χ0n) is 18.9. The summed E-state index contributed by atoms with van der Waals surface area (Å²) in [5.74, 6) is 0.726. The second-order valence-electron chi connectivity index (χ2n) is 8.32. The fraction of sp³-hybridized carbons (Fsp3) is 0.385. The number of para-hydroxylation sites is 1. The number of anilines is 1. The van der Waals surface area contributed by atoms with E-state index in [0.717, 1.165) is 36.3 Å². The first-order valence-electron chi connectivity index (χ1n) is 11.1. The van der Waals surface area contributed by atoms with Gasteiger partial charge in [0.05, 0.1) is 12.2 Å². The Balaban J connectivity index is 1.97. The number of rotatable bonds is 10. The van der Waals surface area contributed by atoms with E-state index in [0.29, 0.717) is 30.3 Å². The minimum atomic E-state index is -0.234. The Morgan fingerprint density at radius 3 is 2.23 bits per heavy atom. The number of ether oxygens (including phenoxy) is 1. The summed E-state index contributed by atoms with van der Waals surface area (Å²) in [5, 5.41) is 0. The highest BCUT2D eigenvalue weighted by molar-refractivity contribution is 6.36. The van der Waals surface area contributed by atoms with Crippen LogP contribution in [0.25, 0.3) is 5.57 Å². The molecule has 0 unspecified atom stereocenters. The molecule has 2 aromatic rings. The van der Waals surface area contributed by atoms with Crippen molar-refractivity contribution in [2.75, 3.05) is 25.1 Å². The Labute approximate surface area is 185 Å². The number of nitrogens with zero attached hydrogens (tertiary/aromatic N) is 2. The van der Waals surface area contributed by atoms with Crippen LogP contribution in [-0.4, -0.2) is 36.9 Å². The van der Waals surface area contributed by atoms with Gasteiger partial charge in [-0.05, 0) is 42.2 Å². The van der Waals surface area contributed by atoms with Crippen molar-refractivity contribution < 1.29 is 14.3 Å². The van der Waals surface area contributed by atoms with Crippen molar-refractivity contribution in [2.45, 2.75) is 40.0 Å². The molecule has 0 aromatic heterocycles. The van der Waals surface area contributed by atoms with Gasteiger partial charge in [-0.25, -0.2) is 0 Å². The van der Waals surface area contributed by atoms with Crippen LogP contribution in [0.1, 0.15) is 45.6 Å². The number of benzene rings is 2. The van der Waals surface area contributed by atoms with Crippen molar-refractivity contribution in [3.8, 4) is 5.75 Å². The number of carbonyl (C=O) groups excluding carboxylic acids is 2. The highest BCUT2D eigenvalue weighted by Gasteiger charge is 2.40. The topological polar surface area (TPSA) is 49.9 Å². The SMILES string of the molecule is CCCCCN1C(=O)C(c2ccc(OCC(C)C)cc2)=C(N(C)c2ccccc2)C1=O. The van der Waals surface area contributed by atoms with E-state index >= 15 is 0 Å². The predicted molar refractivity (Wildman–Crippen MR) is 125 cm³/mol. The third-order valence-electron chi connectivity index (χ3n) is 5.33. The second-order valence-corrected chi connectivity index (χ2v) is 8.32. The van der Waals surface area contributed by atoms with Gasteiger partial charge in [0, 0.05) is 19.3 Å². The summed E-state index contributed by atoms with van der Waals surface area (Å²) in [6.45, 7) is 7.37. The molecule has 0 spiro atoms. The van der Waals surface area contributed by atoms with Crippen molar-refractivity contribution in [3.63, 3.8) is 0 Å². The van der Waals surface area contributed by atoms with Crippen LogP contribution in [0.5, 0.6) is 5.75 Å². The number of hydrogen-bond donors (Lipinski definition) is 0. The molecule has 0 atom stereocenters. The molecule has 5 nitrogen and oxygen atoms in total. The molecule has 0 radical (unpaired) electrons. The number of amides is 2. The molecular formula is C26H32N2O3. The van der Waals surface area contributed by atoms with Crippen LogP contribution >= 0.6 is 0 Å². The largest absolute Gasteiger partial charge is 0.493 e. The van der Waals surface area contributed by atoms with E-state index in [1.54, 1.807) is 0 Å². The van der Waals surface area contributed by atoms with Gasteiger partial charge in [-0.3, -0.25) is 14.5 Å². The first-order valence-corrected chi connectivity index (χ1v) is 11.1. The maximum absolute atomic E-state index is 13.3. The van der Waals surface area contributed by atoms with Gasteiger partial charge in [0.2, 0.25) is 0 Å². The summed E-state index contributed by atoms with van der Waals surface area (Å²) in [6.07, 6.45) is 2.83. The Kier molecular flexibility index (Phi) is 7.50. The highest BCUT2D eigenvalue weighted by Crippen LogP contribution is 2.34. The standard InChI is InChI=1S/C26H32N2O3/c1-5-6-10-17-28-25(29)23(20-13-15-22(16-14-20)31-18-19(2)3)24(26(28)30)27(4)21-11-8-7-9-12-21/h7-9,11-16,19H,5-6,10,17-18H2,1-4H3.